The Morgan fingerprint density at radius 2 is 0.459 bits per heavy atom. The van der Waals surface area contributed by atoms with Crippen molar-refractivity contribution in [1.29, 1.82) is 0 Å². The Balaban J connectivity index is 0.754. The van der Waals surface area contributed by atoms with E-state index in [9.17, 15) is 0 Å². The third kappa shape index (κ3) is 9.36. The highest BCUT2D eigenvalue weighted by Crippen LogP contribution is 2.45. The zero-order chi connectivity index (χ0) is 72.6. The zero-order valence-corrected chi connectivity index (χ0v) is 61.0. The number of hydrogen-bond acceptors (Lipinski definition) is 4. The number of nitrogens with zero attached hydrogens (tertiary/aromatic N) is 10. The quantitative estimate of drug-likeness (QED) is 0.128. The van der Waals surface area contributed by atoms with Crippen LogP contribution in [-0.4, -0.2) is 54.1 Å². The summed E-state index contributed by atoms with van der Waals surface area (Å²) in [5, 5.41) is 13.8. The van der Waals surface area contributed by atoms with Crippen molar-refractivity contribution in [1.82, 2.24) is 47.3 Å². The molecule has 10 nitrogen and oxygen atoms in total. The first-order valence-corrected chi connectivity index (χ1v) is 37.5. The van der Waals surface area contributed by atoms with E-state index in [1.807, 2.05) is 24.8 Å². The molecule has 0 aliphatic carbocycles. The Labute approximate surface area is 628 Å². The van der Waals surface area contributed by atoms with Gasteiger partial charge in [-0.2, -0.15) is 0 Å². The van der Waals surface area contributed by atoms with E-state index >= 15 is 0 Å². The van der Waals surface area contributed by atoms with E-state index in [1.165, 1.54) is 71.3 Å². The van der Waals surface area contributed by atoms with Gasteiger partial charge in [-0.3, -0.25) is 9.13 Å². The fraction of sp³-hybridized carbons (Fsp3) is 0.0612. The van der Waals surface area contributed by atoms with E-state index in [0.29, 0.717) is 11.9 Å². The molecule has 0 unspecified atom stereocenters. The van der Waals surface area contributed by atoms with Gasteiger partial charge in [-0.15, -0.1) is 0 Å². The molecule has 0 aliphatic rings. The summed E-state index contributed by atoms with van der Waals surface area (Å²) in [6.07, 6.45) is 7.94. The van der Waals surface area contributed by atoms with Crippen molar-refractivity contribution in [3.05, 3.63) is 343 Å². The van der Waals surface area contributed by atoms with E-state index < -0.39 is 0 Å². The first-order chi connectivity index (χ1) is 53.5. The lowest BCUT2D eigenvalue weighted by Gasteiger charge is -2.25. The van der Waals surface area contributed by atoms with Crippen molar-refractivity contribution in [2.45, 2.75) is 41.5 Å². The van der Waals surface area contributed by atoms with Gasteiger partial charge in [0, 0.05) is 76.0 Å². The summed E-state index contributed by atoms with van der Waals surface area (Å²) < 4.78 is 14.1. The third-order valence-electron chi connectivity index (χ3n) is 23.3. The lowest BCUT2D eigenvalue weighted by molar-refractivity contribution is 0.967. The van der Waals surface area contributed by atoms with Crippen LogP contribution in [0.25, 0.3) is 177 Å². The van der Waals surface area contributed by atoms with Crippen molar-refractivity contribution in [3.63, 3.8) is 0 Å². The van der Waals surface area contributed by atoms with Crippen LogP contribution in [0.1, 0.15) is 33.4 Å². The van der Waals surface area contributed by atoms with Gasteiger partial charge in [0.15, 0.2) is 0 Å². The van der Waals surface area contributed by atoms with Crippen molar-refractivity contribution >= 4 is 154 Å². The second-order valence-corrected chi connectivity index (χ2v) is 29.8. The van der Waals surface area contributed by atoms with Gasteiger partial charge in [0.2, 0.25) is 18.6 Å². The molecule has 0 spiro atoms. The maximum Gasteiger partial charge on any atom is 0.242 e. The lowest BCUT2D eigenvalue weighted by atomic mass is 9.34. The van der Waals surface area contributed by atoms with E-state index in [1.54, 1.807) is 0 Å². The minimum atomic E-state index is 0.0224. The molecular weight excluding hydrogens is 1330 g/mol. The molecular formula is C98H69BN10. The second kappa shape index (κ2) is 23.8. The van der Waals surface area contributed by atoms with Crippen molar-refractivity contribution in [2.75, 3.05) is 0 Å². The van der Waals surface area contributed by atoms with Gasteiger partial charge in [0.25, 0.3) is 0 Å². The first-order valence-electron chi connectivity index (χ1n) is 37.5. The number of rotatable bonds is 10. The van der Waals surface area contributed by atoms with Gasteiger partial charge in [-0.05, 0) is 144 Å². The van der Waals surface area contributed by atoms with E-state index in [2.05, 4.69) is 354 Å². The normalized spacial score (nSPS) is 12.1. The number of aryl methyl sites for hydroxylation is 6. The number of para-hydroxylation sites is 8. The predicted octanol–water partition coefficient (Wildman–Crippen LogP) is 21.9. The smallest absolute Gasteiger partial charge is 0.242 e. The highest BCUT2D eigenvalue weighted by Gasteiger charge is 2.30. The van der Waals surface area contributed by atoms with Crippen LogP contribution in [-0.2, 0) is 0 Å². The Bertz CT molecular complexity index is 7030. The van der Waals surface area contributed by atoms with Crippen LogP contribution in [0.2, 0.25) is 0 Å². The van der Waals surface area contributed by atoms with E-state index in [-0.39, 0.29) is 6.71 Å². The Morgan fingerprint density at radius 3 is 0.743 bits per heavy atom. The molecule has 0 saturated heterocycles. The summed E-state index contributed by atoms with van der Waals surface area (Å²) in [5.74, 6) is 1.25. The zero-order valence-electron chi connectivity index (χ0n) is 61.0. The summed E-state index contributed by atoms with van der Waals surface area (Å²) in [7, 11) is 0. The molecule has 8 heterocycles. The number of benzene rings is 14. The summed E-state index contributed by atoms with van der Waals surface area (Å²) >= 11 is 0. The lowest BCUT2D eigenvalue weighted by Crippen LogP contribution is -2.55. The van der Waals surface area contributed by atoms with Gasteiger partial charge in [-0.25, -0.2) is 19.9 Å². The minimum Gasteiger partial charge on any atom is -0.309 e. The van der Waals surface area contributed by atoms with Crippen LogP contribution < -0.4 is 16.4 Å². The molecule has 0 amide bonds. The summed E-state index contributed by atoms with van der Waals surface area (Å²) in [5.41, 5.74) is 30.9. The maximum absolute atomic E-state index is 5.19. The topological polar surface area (TPSA) is 81.1 Å². The van der Waals surface area contributed by atoms with Crippen LogP contribution in [0.15, 0.2) is 310 Å². The summed E-state index contributed by atoms with van der Waals surface area (Å²) in [4.78, 5) is 20.8. The molecule has 0 atom stereocenters. The minimum absolute atomic E-state index is 0.0224. The Kier molecular flexibility index (Phi) is 13.6. The highest BCUT2D eigenvalue weighted by molar-refractivity contribution is 6.96. The highest BCUT2D eigenvalue weighted by atomic mass is 15.2. The predicted molar refractivity (Wildman–Crippen MR) is 455 cm³/mol. The molecule has 0 saturated carbocycles. The van der Waals surface area contributed by atoms with E-state index in [0.717, 1.165) is 143 Å². The third-order valence-corrected chi connectivity index (χ3v) is 23.3. The largest absolute Gasteiger partial charge is 0.309 e. The van der Waals surface area contributed by atoms with Crippen molar-refractivity contribution in [3.8, 4) is 45.8 Å². The molecule has 514 valence electrons. The average Bonchev–Trinajstić information content (AvgIpc) is 1.52. The molecule has 22 rings (SSSR count). The van der Waals surface area contributed by atoms with E-state index in [4.69, 9.17) is 19.9 Å². The Morgan fingerprint density at radius 1 is 0.211 bits per heavy atom. The molecule has 109 heavy (non-hydrogen) atoms. The molecule has 8 aromatic heterocycles. The van der Waals surface area contributed by atoms with Crippen LogP contribution in [0, 0.1) is 41.5 Å². The average molecular weight is 1400 g/mol. The van der Waals surface area contributed by atoms with Gasteiger partial charge < -0.3 is 18.3 Å². The Hall–Kier alpha value is -13.9. The first kappa shape index (κ1) is 62.5. The fourth-order valence-corrected chi connectivity index (χ4v) is 19.0. The molecule has 0 N–H and O–H groups in total. The van der Waals surface area contributed by atoms with Crippen LogP contribution in [0.3, 0.4) is 0 Å². The molecule has 22 aromatic rings. The standard InChI is InChI=1S/C98H69BN10/c1-58-43-60(3)95(61(4)44-58)99(96-62(5)45-59(2)46-63(96)6)66-41-39-64(40-42-66)65-47-67(104-83-31-15-11-27-75(83)79-52-93-81(50-91(79)104)77-29-13-17-33-85(77)106(93)69-54-100-97(101-55-69)108-87-35-19-7-23-71(87)72-24-8-20-36-88(72)108)49-68(48-65)105-84-32-16-12-28-76(84)80-53-94-82(51-92(80)105)78-30-14-18-34-86(78)107(94)70-56-102-98(103-57-70)109-89-37-21-9-25-73(89)74-26-10-22-38-90(74)109/h7-57H,1-6H3. The van der Waals surface area contributed by atoms with Crippen molar-refractivity contribution < 1.29 is 0 Å². The van der Waals surface area contributed by atoms with Gasteiger partial charge >= 0.3 is 0 Å². The number of hydrogen-bond donors (Lipinski definition) is 0. The van der Waals surface area contributed by atoms with Crippen LogP contribution in [0.4, 0.5) is 0 Å². The van der Waals surface area contributed by atoms with Gasteiger partial charge in [-0.1, -0.05) is 244 Å². The molecule has 0 radical (unpaired) electrons. The molecule has 0 fully saturated rings. The monoisotopic (exact) mass is 1400 g/mol. The van der Waals surface area contributed by atoms with Gasteiger partial charge in [0.1, 0.15) is 0 Å². The number of aromatic nitrogens is 10. The fourth-order valence-electron chi connectivity index (χ4n) is 19.0. The van der Waals surface area contributed by atoms with Crippen LogP contribution >= 0.6 is 0 Å². The number of fused-ring (bicyclic) bond motifs is 18. The summed E-state index contributed by atoms with van der Waals surface area (Å²) in [6.45, 7) is 13.6. The molecule has 0 bridgehead atoms. The SMILES string of the molecule is Cc1cc(C)c(B(c2ccc(-c3cc(-n4c5ccccc5c5cc6c(cc54)c4ccccc4n6-c4cnc(-n5c6ccccc6c6ccccc65)nc4)cc(-n4c5ccccc5c5cc6c(cc54)c4ccccc4n6-c4cnc(-n5c6ccccc6c6ccccc65)nc4)c3)cc2)c2c(C)cc(C)cc2C)c(C)c1. The molecule has 11 heteroatoms. The van der Waals surface area contributed by atoms with Crippen LogP contribution in [0.5, 0.6) is 0 Å². The maximum atomic E-state index is 5.19. The summed E-state index contributed by atoms with van der Waals surface area (Å²) in [6, 6.07) is 105. The molecule has 0 aliphatic heterocycles. The second-order valence-electron chi connectivity index (χ2n) is 29.8. The molecule has 14 aromatic carbocycles. The van der Waals surface area contributed by atoms with Gasteiger partial charge in [0.05, 0.1) is 102 Å². The van der Waals surface area contributed by atoms with Crippen molar-refractivity contribution in [2.24, 2.45) is 0 Å².